The number of fused-ring (bicyclic) bond motifs is 1. The van der Waals surface area contributed by atoms with Gasteiger partial charge in [0.15, 0.2) is 11.4 Å². The first-order valence-corrected chi connectivity index (χ1v) is 6.53. The van der Waals surface area contributed by atoms with Crippen molar-refractivity contribution in [3.8, 4) is 0 Å². The third kappa shape index (κ3) is 2.56. The summed E-state index contributed by atoms with van der Waals surface area (Å²) in [5, 5.41) is 0. The first kappa shape index (κ1) is 13.9. The molecule has 0 aliphatic carbocycles. The fourth-order valence-electron chi connectivity index (χ4n) is 2.14. The quantitative estimate of drug-likeness (QED) is 0.579. The Hall–Kier alpha value is -3.09. The van der Waals surface area contributed by atoms with Gasteiger partial charge in [0.2, 0.25) is 0 Å². The Balaban J connectivity index is 1.89. The molecule has 0 aliphatic heterocycles. The van der Waals surface area contributed by atoms with Crippen molar-refractivity contribution >= 4 is 22.9 Å². The molecule has 3 rings (SSSR count). The maximum absolute atomic E-state index is 12.4. The Labute approximate surface area is 125 Å². The number of methoxy groups -OCH3 is 1. The highest BCUT2D eigenvalue weighted by Crippen LogP contribution is 2.14. The van der Waals surface area contributed by atoms with Gasteiger partial charge in [-0.05, 0) is 12.1 Å². The number of carbonyl (C=O) groups is 2. The zero-order valence-corrected chi connectivity index (χ0v) is 11.7. The number of hydrogen-bond donors (Lipinski definition) is 1. The fourth-order valence-corrected chi connectivity index (χ4v) is 2.14. The van der Waals surface area contributed by atoms with E-state index in [2.05, 4.69) is 24.7 Å². The highest BCUT2D eigenvalue weighted by atomic mass is 16.5. The number of benzene rings is 1. The number of hydrogen-bond acceptors (Lipinski definition) is 6. The molecule has 7 nitrogen and oxygen atoms in total. The molecule has 0 atom stereocenters. The van der Waals surface area contributed by atoms with Gasteiger partial charge < -0.3 is 9.72 Å². The van der Waals surface area contributed by atoms with E-state index < -0.39 is 5.97 Å². The molecule has 22 heavy (non-hydrogen) atoms. The Morgan fingerprint density at radius 3 is 2.82 bits per heavy atom. The summed E-state index contributed by atoms with van der Waals surface area (Å²) < 4.78 is 4.65. The summed E-state index contributed by atoms with van der Waals surface area (Å²) in [6.45, 7) is 0. The molecule has 0 bridgehead atoms. The topological polar surface area (TPSA) is 97.8 Å². The number of rotatable bonds is 4. The standard InChI is InChI=1S/C15H12N4O3/c1-22-15(21)10-4-2-3-9(5-10)12(20)6-11-13-14(18-7-16-11)19-8-17-13/h2-5,7-8H,6H2,1H3,(H,16,17,18,19). The number of aromatic amines is 1. The van der Waals surface area contributed by atoms with Gasteiger partial charge in [-0.15, -0.1) is 0 Å². The number of esters is 1. The van der Waals surface area contributed by atoms with Gasteiger partial charge in [-0.1, -0.05) is 12.1 Å². The van der Waals surface area contributed by atoms with Crippen LogP contribution in [0.2, 0.25) is 0 Å². The van der Waals surface area contributed by atoms with Crippen LogP contribution in [0.15, 0.2) is 36.9 Å². The third-order valence-corrected chi connectivity index (χ3v) is 3.24. The summed E-state index contributed by atoms with van der Waals surface area (Å²) in [6, 6.07) is 6.41. The largest absolute Gasteiger partial charge is 0.465 e. The smallest absolute Gasteiger partial charge is 0.337 e. The number of Topliss-reactive ketones (excluding diaryl/α,β-unsaturated/α-hetero) is 1. The number of nitrogens with one attached hydrogen (secondary N) is 1. The van der Waals surface area contributed by atoms with Crippen molar-refractivity contribution in [1.82, 2.24) is 19.9 Å². The molecule has 0 unspecified atom stereocenters. The SMILES string of the molecule is COC(=O)c1cccc(C(=O)Cc2ncnc3nc[nH]c23)c1. The molecule has 0 saturated carbocycles. The molecule has 0 spiro atoms. The summed E-state index contributed by atoms with van der Waals surface area (Å²) in [7, 11) is 1.30. The van der Waals surface area contributed by atoms with Gasteiger partial charge in [0.1, 0.15) is 11.8 Å². The van der Waals surface area contributed by atoms with Gasteiger partial charge in [-0.2, -0.15) is 0 Å². The van der Waals surface area contributed by atoms with E-state index in [9.17, 15) is 9.59 Å². The van der Waals surface area contributed by atoms with Crippen LogP contribution in [-0.4, -0.2) is 38.8 Å². The lowest BCUT2D eigenvalue weighted by Gasteiger charge is -2.04. The van der Waals surface area contributed by atoms with Crippen LogP contribution in [0.1, 0.15) is 26.4 Å². The first-order chi connectivity index (χ1) is 10.7. The molecule has 1 aromatic carbocycles. The fraction of sp³-hybridized carbons (Fsp3) is 0.133. The van der Waals surface area contributed by atoms with E-state index in [1.165, 1.54) is 25.8 Å². The minimum atomic E-state index is -0.479. The predicted molar refractivity (Wildman–Crippen MR) is 77.5 cm³/mol. The summed E-state index contributed by atoms with van der Waals surface area (Å²) in [4.78, 5) is 39.0. The van der Waals surface area contributed by atoms with E-state index in [1.54, 1.807) is 18.2 Å². The van der Waals surface area contributed by atoms with Gasteiger partial charge in [-0.3, -0.25) is 4.79 Å². The molecule has 0 fully saturated rings. The number of nitrogens with zero attached hydrogens (tertiary/aromatic N) is 3. The van der Waals surface area contributed by atoms with E-state index in [1.807, 2.05) is 0 Å². The van der Waals surface area contributed by atoms with Crippen molar-refractivity contribution in [1.29, 1.82) is 0 Å². The van der Waals surface area contributed by atoms with Gasteiger partial charge in [-0.25, -0.2) is 19.7 Å². The average molecular weight is 296 g/mol. The van der Waals surface area contributed by atoms with Crippen molar-refractivity contribution in [3.63, 3.8) is 0 Å². The number of ether oxygens (including phenoxy) is 1. The summed E-state index contributed by atoms with van der Waals surface area (Å²) in [5.41, 5.74) is 2.48. The molecule has 0 amide bonds. The van der Waals surface area contributed by atoms with Crippen LogP contribution in [0.25, 0.3) is 11.2 Å². The molecule has 0 saturated heterocycles. The van der Waals surface area contributed by atoms with Crippen LogP contribution < -0.4 is 0 Å². The summed E-state index contributed by atoms with van der Waals surface area (Å²) in [5.74, 6) is -0.631. The Bertz CT molecular complexity index is 857. The second-order valence-electron chi connectivity index (χ2n) is 4.59. The van der Waals surface area contributed by atoms with Crippen LogP contribution in [-0.2, 0) is 11.2 Å². The molecule has 7 heteroatoms. The van der Waals surface area contributed by atoms with Crippen LogP contribution in [0.3, 0.4) is 0 Å². The third-order valence-electron chi connectivity index (χ3n) is 3.24. The molecule has 3 aromatic rings. The van der Waals surface area contributed by atoms with Crippen LogP contribution >= 0.6 is 0 Å². The predicted octanol–water partition coefficient (Wildman–Crippen LogP) is 1.56. The Morgan fingerprint density at radius 2 is 2.00 bits per heavy atom. The number of imidazole rings is 1. The molecule has 2 aromatic heterocycles. The lowest BCUT2D eigenvalue weighted by Crippen LogP contribution is -2.08. The second-order valence-corrected chi connectivity index (χ2v) is 4.59. The zero-order valence-electron chi connectivity index (χ0n) is 11.7. The van der Waals surface area contributed by atoms with Gasteiger partial charge in [0.05, 0.1) is 31.1 Å². The monoisotopic (exact) mass is 296 g/mol. The van der Waals surface area contributed by atoms with E-state index in [0.717, 1.165) is 0 Å². The first-order valence-electron chi connectivity index (χ1n) is 6.53. The molecule has 110 valence electrons. The number of H-pyrrole nitrogens is 1. The normalized spacial score (nSPS) is 10.6. The van der Waals surface area contributed by atoms with E-state index in [-0.39, 0.29) is 12.2 Å². The minimum absolute atomic E-state index is 0.0891. The van der Waals surface area contributed by atoms with Crippen molar-refractivity contribution in [2.24, 2.45) is 0 Å². The van der Waals surface area contributed by atoms with E-state index in [4.69, 9.17) is 0 Å². The summed E-state index contributed by atoms with van der Waals surface area (Å²) >= 11 is 0. The minimum Gasteiger partial charge on any atom is -0.465 e. The number of aromatic nitrogens is 4. The van der Waals surface area contributed by atoms with Gasteiger partial charge >= 0.3 is 5.97 Å². The van der Waals surface area contributed by atoms with Crippen molar-refractivity contribution in [2.75, 3.05) is 7.11 Å². The molecule has 0 aliphatic rings. The number of carbonyl (C=O) groups excluding carboxylic acids is 2. The maximum atomic E-state index is 12.4. The highest BCUT2D eigenvalue weighted by Gasteiger charge is 2.14. The lowest BCUT2D eigenvalue weighted by molar-refractivity contribution is 0.0600. The highest BCUT2D eigenvalue weighted by molar-refractivity contribution is 6.01. The van der Waals surface area contributed by atoms with E-state index >= 15 is 0 Å². The summed E-state index contributed by atoms with van der Waals surface area (Å²) in [6.07, 6.45) is 2.97. The molecule has 0 radical (unpaired) electrons. The Morgan fingerprint density at radius 1 is 1.18 bits per heavy atom. The van der Waals surface area contributed by atoms with Gasteiger partial charge in [0.25, 0.3) is 0 Å². The Kier molecular flexibility index (Phi) is 3.61. The molecule has 2 heterocycles. The zero-order chi connectivity index (χ0) is 15.5. The molecule has 1 N–H and O–H groups in total. The van der Waals surface area contributed by atoms with Crippen molar-refractivity contribution in [3.05, 3.63) is 53.7 Å². The van der Waals surface area contributed by atoms with Crippen molar-refractivity contribution in [2.45, 2.75) is 6.42 Å². The van der Waals surface area contributed by atoms with Crippen molar-refractivity contribution < 1.29 is 14.3 Å². The number of ketones is 1. The van der Waals surface area contributed by atoms with Crippen LogP contribution in [0.4, 0.5) is 0 Å². The second kappa shape index (κ2) is 5.72. The van der Waals surface area contributed by atoms with E-state index in [0.29, 0.717) is 28.0 Å². The van der Waals surface area contributed by atoms with Gasteiger partial charge in [0, 0.05) is 5.56 Å². The van der Waals surface area contributed by atoms with Crippen LogP contribution in [0.5, 0.6) is 0 Å². The maximum Gasteiger partial charge on any atom is 0.337 e. The van der Waals surface area contributed by atoms with Crippen LogP contribution in [0, 0.1) is 0 Å². The average Bonchev–Trinajstić information content (AvgIpc) is 3.04. The molecular formula is C15H12N4O3. The molecular weight excluding hydrogens is 284 g/mol. The lowest BCUT2D eigenvalue weighted by atomic mass is 10.0.